The van der Waals surface area contributed by atoms with Gasteiger partial charge in [-0.25, -0.2) is 0 Å². The highest BCUT2D eigenvalue weighted by atomic mass is 16.2. The van der Waals surface area contributed by atoms with Crippen LogP contribution in [0, 0.1) is 5.92 Å². The molecule has 3 heteroatoms. The molecule has 1 saturated heterocycles. The first kappa shape index (κ1) is 10.5. The highest BCUT2D eigenvalue weighted by Crippen LogP contribution is 2.16. The lowest BCUT2D eigenvalue weighted by Crippen LogP contribution is -2.42. The number of carbonyl (C=O) groups excluding carboxylic acids is 1. The van der Waals surface area contributed by atoms with E-state index in [1.54, 1.807) is 6.92 Å². The molecule has 2 atom stereocenters. The van der Waals surface area contributed by atoms with Crippen molar-refractivity contribution in [3.05, 3.63) is 0 Å². The van der Waals surface area contributed by atoms with Crippen LogP contribution in [0.3, 0.4) is 0 Å². The summed E-state index contributed by atoms with van der Waals surface area (Å²) < 4.78 is 0. The number of likely N-dealkylation sites (tertiary alicyclic amines) is 1. The van der Waals surface area contributed by atoms with Crippen molar-refractivity contribution in [3.8, 4) is 0 Å². The number of rotatable bonds is 1. The maximum absolute atomic E-state index is 11.6. The normalized spacial score (nSPS) is 26.7. The second-order valence-corrected chi connectivity index (χ2v) is 4.15. The molecule has 1 aliphatic heterocycles. The molecule has 0 spiro atoms. The Bertz CT molecular complexity index is 180. The van der Waals surface area contributed by atoms with E-state index in [-0.39, 0.29) is 11.9 Å². The Hall–Kier alpha value is -0.570. The fourth-order valence-corrected chi connectivity index (χ4v) is 1.77. The zero-order valence-electron chi connectivity index (χ0n) is 8.62. The summed E-state index contributed by atoms with van der Waals surface area (Å²) in [6.45, 7) is 5.79. The zero-order valence-corrected chi connectivity index (χ0v) is 8.62. The molecule has 0 saturated carbocycles. The summed E-state index contributed by atoms with van der Waals surface area (Å²) in [7, 11) is 0. The van der Waals surface area contributed by atoms with Crippen LogP contribution in [0.15, 0.2) is 0 Å². The van der Waals surface area contributed by atoms with Crippen LogP contribution in [0.25, 0.3) is 0 Å². The van der Waals surface area contributed by atoms with Gasteiger partial charge in [0.2, 0.25) is 5.91 Å². The molecule has 1 heterocycles. The Morgan fingerprint density at radius 3 is 2.77 bits per heavy atom. The minimum absolute atomic E-state index is 0.106. The second kappa shape index (κ2) is 4.61. The van der Waals surface area contributed by atoms with Crippen LogP contribution < -0.4 is 5.73 Å². The summed E-state index contributed by atoms with van der Waals surface area (Å²) >= 11 is 0. The minimum atomic E-state index is -0.339. The molecule has 0 bridgehead atoms. The molecule has 1 rings (SSSR count). The molecule has 0 radical (unpaired) electrons. The first-order valence-electron chi connectivity index (χ1n) is 5.15. The van der Waals surface area contributed by atoms with Crippen LogP contribution in [0.5, 0.6) is 0 Å². The quantitative estimate of drug-likeness (QED) is 0.660. The van der Waals surface area contributed by atoms with Crippen molar-refractivity contribution in [2.24, 2.45) is 11.7 Å². The number of carbonyl (C=O) groups is 1. The Morgan fingerprint density at radius 1 is 1.46 bits per heavy atom. The maximum Gasteiger partial charge on any atom is 0.239 e. The summed E-state index contributed by atoms with van der Waals surface area (Å²) in [5.41, 5.74) is 5.56. The first-order chi connectivity index (χ1) is 6.11. The van der Waals surface area contributed by atoms with Crippen LogP contribution in [-0.2, 0) is 4.79 Å². The van der Waals surface area contributed by atoms with Gasteiger partial charge in [0, 0.05) is 13.1 Å². The third-order valence-electron chi connectivity index (χ3n) is 2.72. The second-order valence-electron chi connectivity index (χ2n) is 4.15. The highest BCUT2D eigenvalue weighted by Gasteiger charge is 2.20. The maximum atomic E-state index is 11.6. The van der Waals surface area contributed by atoms with Crippen molar-refractivity contribution in [2.45, 2.75) is 39.2 Å². The average molecular weight is 184 g/mol. The first-order valence-corrected chi connectivity index (χ1v) is 5.15. The molecule has 13 heavy (non-hydrogen) atoms. The van der Waals surface area contributed by atoms with E-state index < -0.39 is 0 Å². The monoisotopic (exact) mass is 184 g/mol. The summed E-state index contributed by atoms with van der Waals surface area (Å²) in [5, 5.41) is 0. The zero-order chi connectivity index (χ0) is 9.84. The predicted octanol–water partition coefficient (Wildman–Crippen LogP) is 0.982. The SMILES string of the molecule is CC1CCCN(C(=O)[C@@H](C)N)CC1. The van der Waals surface area contributed by atoms with Crippen LogP contribution in [0.1, 0.15) is 33.1 Å². The predicted molar refractivity (Wildman–Crippen MR) is 53.2 cm³/mol. The van der Waals surface area contributed by atoms with Crippen LogP contribution in [0.2, 0.25) is 0 Å². The fraction of sp³-hybridized carbons (Fsp3) is 0.900. The van der Waals surface area contributed by atoms with E-state index in [2.05, 4.69) is 6.92 Å². The lowest BCUT2D eigenvalue weighted by molar-refractivity contribution is -0.132. The van der Waals surface area contributed by atoms with Gasteiger partial charge < -0.3 is 10.6 Å². The highest BCUT2D eigenvalue weighted by molar-refractivity contribution is 5.81. The lowest BCUT2D eigenvalue weighted by Gasteiger charge is -2.22. The molecule has 1 fully saturated rings. The Labute approximate surface area is 80.3 Å². The number of nitrogens with zero attached hydrogens (tertiary/aromatic N) is 1. The number of amides is 1. The van der Waals surface area contributed by atoms with Gasteiger partial charge in [-0.1, -0.05) is 6.92 Å². The van der Waals surface area contributed by atoms with Gasteiger partial charge >= 0.3 is 0 Å². The van der Waals surface area contributed by atoms with E-state index in [0.29, 0.717) is 0 Å². The summed E-state index contributed by atoms with van der Waals surface area (Å²) in [4.78, 5) is 13.5. The minimum Gasteiger partial charge on any atom is -0.341 e. The molecule has 0 aromatic rings. The van der Waals surface area contributed by atoms with Gasteiger partial charge in [0.1, 0.15) is 0 Å². The molecule has 1 amide bonds. The molecular formula is C10H20N2O. The van der Waals surface area contributed by atoms with E-state index in [1.165, 1.54) is 6.42 Å². The molecule has 0 aliphatic carbocycles. The summed E-state index contributed by atoms with van der Waals surface area (Å²) in [6.07, 6.45) is 3.49. The van der Waals surface area contributed by atoms with Crippen LogP contribution in [0.4, 0.5) is 0 Å². The van der Waals surface area contributed by atoms with Crippen molar-refractivity contribution in [3.63, 3.8) is 0 Å². The van der Waals surface area contributed by atoms with Crippen LogP contribution in [-0.4, -0.2) is 29.9 Å². The number of hydrogen-bond donors (Lipinski definition) is 1. The topological polar surface area (TPSA) is 46.3 Å². The molecular weight excluding hydrogens is 164 g/mol. The third-order valence-corrected chi connectivity index (χ3v) is 2.72. The Kier molecular flexibility index (Phi) is 3.72. The van der Waals surface area contributed by atoms with Crippen molar-refractivity contribution < 1.29 is 4.79 Å². The molecule has 0 aromatic carbocycles. The van der Waals surface area contributed by atoms with Crippen molar-refractivity contribution in [1.29, 1.82) is 0 Å². The molecule has 1 aliphatic rings. The Morgan fingerprint density at radius 2 is 2.15 bits per heavy atom. The molecule has 1 unspecified atom stereocenters. The largest absolute Gasteiger partial charge is 0.341 e. The van der Waals surface area contributed by atoms with Gasteiger partial charge in [0.15, 0.2) is 0 Å². The van der Waals surface area contributed by atoms with E-state index in [4.69, 9.17) is 5.73 Å². The van der Waals surface area contributed by atoms with Gasteiger partial charge in [-0.2, -0.15) is 0 Å². The molecule has 2 N–H and O–H groups in total. The lowest BCUT2D eigenvalue weighted by atomic mass is 10.0. The standard InChI is InChI=1S/C10H20N2O/c1-8-4-3-6-12(7-5-8)10(13)9(2)11/h8-9H,3-7,11H2,1-2H3/t8?,9-/m1/s1. The number of nitrogens with two attached hydrogens (primary N) is 1. The third kappa shape index (κ3) is 2.99. The van der Waals surface area contributed by atoms with Crippen LogP contribution >= 0.6 is 0 Å². The van der Waals surface area contributed by atoms with Crippen molar-refractivity contribution in [1.82, 2.24) is 4.90 Å². The van der Waals surface area contributed by atoms with Gasteiger partial charge in [-0.05, 0) is 32.1 Å². The van der Waals surface area contributed by atoms with Crippen molar-refractivity contribution in [2.75, 3.05) is 13.1 Å². The smallest absolute Gasteiger partial charge is 0.239 e. The Balaban J connectivity index is 2.46. The average Bonchev–Trinajstić information content (AvgIpc) is 2.28. The molecule has 3 nitrogen and oxygen atoms in total. The van der Waals surface area contributed by atoms with Crippen molar-refractivity contribution >= 4 is 5.91 Å². The van der Waals surface area contributed by atoms with E-state index >= 15 is 0 Å². The van der Waals surface area contributed by atoms with Gasteiger partial charge in [-0.15, -0.1) is 0 Å². The summed E-state index contributed by atoms with van der Waals surface area (Å²) in [5.74, 6) is 0.861. The van der Waals surface area contributed by atoms with E-state index in [1.807, 2.05) is 4.90 Å². The van der Waals surface area contributed by atoms with E-state index in [0.717, 1.165) is 31.8 Å². The van der Waals surface area contributed by atoms with Gasteiger partial charge in [-0.3, -0.25) is 4.79 Å². The van der Waals surface area contributed by atoms with E-state index in [9.17, 15) is 4.79 Å². The summed E-state index contributed by atoms with van der Waals surface area (Å²) in [6, 6.07) is -0.339. The molecule has 76 valence electrons. The molecule has 0 aromatic heterocycles. The number of hydrogen-bond acceptors (Lipinski definition) is 2. The van der Waals surface area contributed by atoms with Gasteiger partial charge in [0.25, 0.3) is 0 Å². The fourth-order valence-electron chi connectivity index (χ4n) is 1.77. The van der Waals surface area contributed by atoms with Gasteiger partial charge in [0.05, 0.1) is 6.04 Å².